The molecule has 5 heteroatoms. The van der Waals surface area contributed by atoms with Gasteiger partial charge < -0.3 is 4.57 Å². The summed E-state index contributed by atoms with van der Waals surface area (Å²) in [4.78, 5) is 15.6. The topological polar surface area (TPSA) is 25.2 Å². The summed E-state index contributed by atoms with van der Waals surface area (Å²) in [5, 5.41) is 1.15. The lowest BCUT2D eigenvalue weighted by molar-refractivity contribution is -0.122. The average molecular weight is 455 g/mol. The van der Waals surface area contributed by atoms with Crippen LogP contribution < -0.4 is 0 Å². The van der Waals surface area contributed by atoms with Crippen molar-refractivity contribution >= 4 is 51.2 Å². The predicted molar refractivity (Wildman–Crippen MR) is 137 cm³/mol. The Bertz CT molecular complexity index is 1340. The maximum absolute atomic E-state index is 13.2. The molecule has 0 aliphatic carbocycles. The van der Waals surface area contributed by atoms with Crippen LogP contribution in [0, 0.1) is 6.92 Å². The molecule has 1 saturated heterocycles. The van der Waals surface area contributed by atoms with Gasteiger partial charge in [0.05, 0.1) is 11.4 Å². The highest BCUT2D eigenvalue weighted by atomic mass is 32.2. The van der Waals surface area contributed by atoms with Crippen LogP contribution in [-0.4, -0.2) is 19.7 Å². The van der Waals surface area contributed by atoms with E-state index >= 15 is 0 Å². The Morgan fingerprint density at radius 2 is 1.44 bits per heavy atom. The van der Waals surface area contributed by atoms with Crippen molar-refractivity contribution in [2.75, 3.05) is 0 Å². The lowest BCUT2D eigenvalue weighted by Gasteiger charge is -2.14. The minimum absolute atomic E-state index is 0.0249. The van der Waals surface area contributed by atoms with Gasteiger partial charge in [-0.25, -0.2) is 0 Å². The molecule has 32 heavy (non-hydrogen) atoms. The summed E-state index contributed by atoms with van der Waals surface area (Å²) >= 11 is 6.94. The second-order valence-corrected chi connectivity index (χ2v) is 9.52. The van der Waals surface area contributed by atoms with E-state index in [9.17, 15) is 4.79 Å². The maximum Gasteiger partial charge on any atom is 0.266 e. The zero-order chi connectivity index (χ0) is 22.1. The van der Waals surface area contributed by atoms with Crippen LogP contribution in [0.5, 0.6) is 0 Å². The van der Waals surface area contributed by atoms with E-state index in [1.165, 1.54) is 22.8 Å². The smallest absolute Gasteiger partial charge is 0.266 e. The molecule has 5 rings (SSSR count). The number of aromatic nitrogens is 1. The first-order valence-corrected chi connectivity index (χ1v) is 11.8. The molecule has 3 nitrogen and oxygen atoms in total. The molecule has 158 valence electrons. The molecule has 3 aromatic carbocycles. The molecule has 0 saturated carbocycles. The number of fused-ring (bicyclic) bond motifs is 1. The van der Waals surface area contributed by atoms with Crippen LogP contribution in [0.3, 0.4) is 0 Å². The van der Waals surface area contributed by atoms with Crippen LogP contribution in [-0.2, 0) is 17.9 Å². The summed E-state index contributed by atoms with van der Waals surface area (Å²) in [6, 6.07) is 28.8. The molecular weight excluding hydrogens is 432 g/mol. The van der Waals surface area contributed by atoms with Crippen LogP contribution in [0.1, 0.15) is 22.4 Å². The van der Waals surface area contributed by atoms with Gasteiger partial charge in [0.25, 0.3) is 5.91 Å². The Labute approximate surface area is 197 Å². The number of hydrogen-bond acceptors (Lipinski definition) is 3. The van der Waals surface area contributed by atoms with E-state index in [2.05, 4.69) is 54.0 Å². The Morgan fingerprint density at radius 3 is 2.12 bits per heavy atom. The molecule has 0 atom stereocenters. The van der Waals surface area contributed by atoms with E-state index in [1.807, 2.05) is 48.5 Å². The fourth-order valence-electron chi connectivity index (χ4n) is 4.14. The van der Waals surface area contributed by atoms with E-state index in [4.69, 9.17) is 12.2 Å². The molecule has 0 radical (unpaired) electrons. The highest BCUT2D eigenvalue weighted by Crippen LogP contribution is 2.36. The second kappa shape index (κ2) is 8.77. The number of rotatable bonds is 5. The summed E-state index contributed by atoms with van der Waals surface area (Å²) in [5.74, 6) is -0.0249. The third kappa shape index (κ3) is 3.90. The lowest BCUT2D eigenvalue weighted by atomic mass is 10.1. The number of hydrogen-bond donors (Lipinski definition) is 0. The van der Waals surface area contributed by atoms with Gasteiger partial charge in [0.2, 0.25) is 0 Å². The summed E-state index contributed by atoms with van der Waals surface area (Å²) < 4.78 is 2.93. The molecule has 2 heterocycles. The Balaban J connectivity index is 1.52. The third-order valence-electron chi connectivity index (χ3n) is 5.80. The number of amides is 1. The standard InChI is InChI=1S/C27H22N2OS2/c1-19-23(16-25-26(30)29(27(31)32-25)18-21-12-6-3-7-13-21)22-14-8-9-15-24(22)28(19)17-20-10-4-2-5-11-20/h2-16H,17-18H2,1H3/b25-16+. The van der Waals surface area contributed by atoms with Gasteiger partial charge in [-0.1, -0.05) is 103 Å². The van der Waals surface area contributed by atoms with E-state index < -0.39 is 0 Å². The van der Waals surface area contributed by atoms with E-state index in [0.29, 0.717) is 15.8 Å². The molecule has 0 bridgehead atoms. The van der Waals surface area contributed by atoms with Crippen LogP contribution >= 0.6 is 24.0 Å². The van der Waals surface area contributed by atoms with Crippen LogP contribution in [0.15, 0.2) is 89.8 Å². The summed E-state index contributed by atoms with van der Waals surface area (Å²) in [6.07, 6.45) is 2.02. The van der Waals surface area contributed by atoms with Gasteiger partial charge >= 0.3 is 0 Å². The summed E-state index contributed by atoms with van der Waals surface area (Å²) in [6.45, 7) is 3.41. The average Bonchev–Trinajstić information content (AvgIpc) is 3.24. The number of thioether (sulfide) groups is 1. The summed E-state index contributed by atoms with van der Waals surface area (Å²) in [7, 11) is 0. The fraction of sp³-hybridized carbons (Fsp3) is 0.111. The molecular formula is C27H22N2OS2. The van der Waals surface area contributed by atoms with Crippen molar-refractivity contribution in [2.24, 2.45) is 0 Å². The van der Waals surface area contributed by atoms with Crippen molar-refractivity contribution in [1.29, 1.82) is 0 Å². The molecule has 1 aliphatic rings. The van der Waals surface area contributed by atoms with E-state index in [-0.39, 0.29) is 5.91 Å². The zero-order valence-electron chi connectivity index (χ0n) is 17.7. The molecule has 1 fully saturated rings. The molecule has 0 N–H and O–H groups in total. The first kappa shape index (κ1) is 20.7. The second-order valence-electron chi connectivity index (χ2n) is 7.84. The lowest BCUT2D eigenvalue weighted by Crippen LogP contribution is -2.27. The quantitative estimate of drug-likeness (QED) is 0.258. The van der Waals surface area contributed by atoms with Crippen LogP contribution in [0.25, 0.3) is 17.0 Å². The molecule has 0 unspecified atom stereocenters. The van der Waals surface area contributed by atoms with Gasteiger partial charge in [0, 0.05) is 28.7 Å². The molecule has 1 aliphatic heterocycles. The predicted octanol–water partition coefficient (Wildman–Crippen LogP) is 6.40. The van der Waals surface area contributed by atoms with Crippen molar-refractivity contribution < 1.29 is 4.79 Å². The SMILES string of the molecule is Cc1c(/C=C2/SC(=S)N(Cc3ccccc3)C2=O)c2ccccc2n1Cc1ccccc1. The van der Waals surface area contributed by atoms with Gasteiger partial charge in [0.15, 0.2) is 0 Å². The number of thiocarbonyl (C=S) groups is 1. The Hall–Kier alpha value is -3.15. The maximum atomic E-state index is 13.2. The highest BCUT2D eigenvalue weighted by molar-refractivity contribution is 8.26. The number of carbonyl (C=O) groups excluding carboxylic acids is 1. The molecule has 4 aromatic rings. The van der Waals surface area contributed by atoms with Crippen molar-refractivity contribution in [3.63, 3.8) is 0 Å². The molecule has 1 aromatic heterocycles. The minimum atomic E-state index is -0.0249. The van der Waals surface area contributed by atoms with Gasteiger partial charge in [-0.05, 0) is 30.2 Å². The number of nitrogens with zero attached hydrogens (tertiary/aromatic N) is 2. The van der Waals surface area contributed by atoms with Gasteiger partial charge in [-0.15, -0.1) is 0 Å². The van der Waals surface area contributed by atoms with Crippen LogP contribution in [0.2, 0.25) is 0 Å². The Kier molecular flexibility index (Phi) is 5.68. The van der Waals surface area contributed by atoms with Crippen molar-refractivity contribution in [3.05, 3.63) is 112 Å². The zero-order valence-corrected chi connectivity index (χ0v) is 19.3. The normalized spacial score (nSPS) is 15.3. The Morgan fingerprint density at radius 1 is 0.844 bits per heavy atom. The first-order valence-electron chi connectivity index (χ1n) is 10.5. The minimum Gasteiger partial charge on any atom is -0.340 e. The third-order valence-corrected chi connectivity index (χ3v) is 7.17. The fourth-order valence-corrected chi connectivity index (χ4v) is 5.38. The number of para-hydroxylation sites is 1. The molecule has 1 amide bonds. The first-order chi connectivity index (χ1) is 15.6. The van der Waals surface area contributed by atoms with Crippen molar-refractivity contribution in [1.82, 2.24) is 9.47 Å². The highest BCUT2D eigenvalue weighted by Gasteiger charge is 2.32. The number of benzene rings is 3. The van der Waals surface area contributed by atoms with Crippen molar-refractivity contribution in [3.8, 4) is 0 Å². The van der Waals surface area contributed by atoms with Gasteiger partial charge in [0.1, 0.15) is 4.32 Å². The van der Waals surface area contributed by atoms with Crippen LogP contribution in [0.4, 0.5) is 0 Å². The van der Waals surface area contributed by atoms with Crippen molar-refractivity contribution in [2.45, 2.75) is 20.0 Å². The van der Waals surface area contributed by atoms with Gasteiger partial charge in [-0.2, -0.15) is 0 Å². The monoisotopic (exact) mass is 454 g/mol. The van der Waals surface area contributed by atoms with E-state index in [1.54, 1.807) is 4.90 Å². The molecule has 0 spiro atoms. The summed E-state index contributed by atoms with van der Waals surface area (Å²) in [5.41, 5.74) is 5.71. The largest absolute Gasteiger partial charge is 0.340 e. The van der Waals surface area contributed by atoms with E-state index in [0.717, 1.165) is 28.8 Å². The number of carbonyl (C=O) groups is 1. The van der Waals surface area contributed by atoms with Gasteiger partial charge in [-0.3, -0.25) is 9.69 Å².